The number of nitrogens with zero attached hydrogens (tertiary/aromatic N) is 1. The minimum atomic E-state index is -4.87. The average Bonchev–Trinajstić information content (AvgIpc) is 2.52. The minimum Gasteiger partial charge on any atom is -0.405 e. The number of hydrogen-bond acceptors (Lipinski definition) is 4. The predicted molar refractivity (Wildman–Crippen MR) is 82.4 cm³/mol. The number of nitro benzene ring substituents is 1. The van der Waals surface area contributed by atoms with E-state index in [2.05, 4.69) is 10.1 Å². The van der Waals surface area contributed by atoms with Crippen LogP contribution in [-0.2, 0) is 6.54 Å². The number of carbonyl (C=O) groups is 1. The molecule has 1 amide bonds. The van der Waals surface area contributed by atoms with Gasteiger partial charge in [-0.2, -0.15) is 0 Å². The lowest BCUT2D eigenvalue weighted by molar-refractivity contribution is -0.384. The van der Waals surface area contributed by atoms with E-state index in [1.807, 2.05) is 0 Å². The summed E-state index contributed by atoms with van der Waals surface area (Å²) in [5.74, 6) is -1.23. The fourth-order valence-electron chi connectivity index (χ4n) is 1.95. The molecule has 0 saturated carbocycles. The molecule has 2 rings (SSSR count). The highest BCUT2D eigenvalue weighted by molar-refractivity contribution is 6.33. The molecule has 6 nitrogen and oxygen atoms in total. The second-order valence-corrected chi connectivity index (χ2v) is 5.17. The molecule has 0 spiro atoms. The number of ether oxygens (including phenoxy) is 1. The number of non-ortho nitro benzene ring substituents is 1. The summed E-state index contributed by atoms with van der Waals surface area (Å²) >= 11 is 5.84. The molecule has 10 heteroatoms. The molecule has 0 saturated heterocycles. The molecular formula is C15H10ClF3N2O4. The summed E-state index contributed by atoms with van der Waals surface area (Å²) in [6.45, 7) is -0.288. The van der Waals surface area contributed by atoms with Gasteiger partial charge in [-0.15, -0.1) is 13.2 Å². The smallest absolute Gasteiger partial charge is 0.405 e. The molecule has 0 aliphatic rings. The number of alkyl halides is 3. The Bertz CT molecular complexity index is 812. The molecule has 1 N–H and O–H groups in total. The maximum atomic E-state index is 12.4. The van der Waals surface area contributed by atoms with Gasteiger partial charge < -0.3 is 10.1 Å². The third-order valence-corrected chi connectivity index (χ3v) is 3.37. The highest BCUT2D eigenvalue weighted by atomic mass is 35.5. The van der Waals surface area contributed by atoms with Crippen LogP contribution in [-0.4, -0.2) is 17.2 Å². The molecule has 0 aromatic heterocycles. The van der Waals surface area contributed by atoms with Crippen LogP contribution in [0.2, 0.25) is 5.02 Å². The zero-order valence-corrected chi connectivity index (χ0v) is 13.1. The second-order valence-electron chi connectivity index (χ2n) is 4.76. The number of benzene rings is 2. The Morgan fingerprint density at radius 3 is 2.56 bits per heavy atom. The number of hydrogen-bond donors (Lipinski definition) is 1. The molecule has 25 heavy (non-hydrogen) atoms. The van der Waals surface area contributed by atoms with Gasteiger partial charge in [0.25, 0.3) is 11.6 Å². The first-order valence-electron chi connectivity index (χ1n) is 6.73. The van der Waals surface area contributed by atoms with Crippen molar-refractivity contribution in [2.45, 2.75) is 12.9 Å². The zero-order chi connectivity index (χ0) is 18.6. The van der Waals surface area contributed by atoms with Gasteiger partial charge in [-0.1, -0.05) is 29.8 Å². The lowest BCUT2D eigenvalue weighted by Gasteiger charge is -2.13. The number of halogens is 4. The summed E-state index contributed by atoms with van der Waals surface area (Å²) in [4.78, 5) is 22.2. The van der Waals surface area contributed by atoms with Crippen molar-refractivity contribution in [1.82, 2.24) is 5.32 Å². The van der Waals surface area contributed by atoms with Gasteiger partial charge in [-0.3, -0.25) is 14.9 Å². The Hall–Kier alpha value is -2.81. The Morgan fingerprint density at radius 1 is 1.24 bits per heavy atom. The summed E-state index contributed by atoms with van der Waals surface area (Å²) in [6.07, 6.45) is -4.87. The van der Waals surface area contributed by atoms with Crippen LogP contribution in [0.15, 0.2) is 42.5 Å². The van der Waals surface area contributed by atoms with Crippen LogP contribution in [0.3, 0.4) is 0 Å². The molecule has 0 aliphatic carbocycles. The van der Waals surface area contributed by atoms with E-state index in [1.54, 1.807) is 0 Å². The van der Waals surface area contributed by atoms with Crippen molar-refractivity contribution < 1.29 is 27.6 Å². The SMILES string of the molecule is O=C(NCc1ccccc1OC(F)(F)F)c1cc([N+](=O)[O-])ccc1Cl. The van der Waals surface area contributed by atoms with Crippen molar-refractivity contribution in [3.05, 3.63) is 68.7 Å². The molecule has 0 atom stereocenters. The van der Waals surface area contributed by atoms with Crippen molar-refractivity contribution in [2.75, 3.05) is 0 Å². The Balaban J connectivity index is 2.16. The van der Waals surface area contributed by atoms with E-state index in [1.165, 1.54) is 24.3 Å². The van der Waals surface area contributed by atoms with Crippen molar-refractivity contribution >= 4 is 23.2 Å². The molecule has 2 aromatic carbocycles. The van der Waals surface area contributed by atoms with Crippen LogP contribution >= 0.6 is 11.6 Å². The molecule has 0 bridgehead atoms. The van der Waals surface area contributed by atoms with E-state index in [0.29, 0.717) is 0 Å². The van der Waals surface area contributed by atoms with Crippen LogP contribution in [0.5, 0.6) is 5.75 Å². The van der Waals surface area contributed by atoms with Crippen molar-refractivity contribution in [1.29, 1.82) is 0 Å². The van der Waals surface area contributed by atoms with Gasteiger partial charge in [-0.25, -0.2) is 0 Å². The van der Waals surface area contributed by atoms with Gasteiger partial charge in [0.05, 0.1) is 15.5 Å². The molecule has 0 fully saturated rings. The van der Waals surface area contributed by atoms with E-state index in [4.69, 9.17) is 11.6 Å². The standard InChI is InChI=1S/C15H10ClF3N2O4/c16-12-6-5-10(21(23)24)7-11(12)14(22)20-8-9-3-1-2-4-13(9)25-15(17,18)19/h1-7H,8H2,(H,20,22). The second kappa shape index (κ2) is 7.39. The third-order valence-electron chi connectivity index (χ3n) is 3.04. The first-order chi connectivity index (χ1) is 11.7. The summed E-state index contributed by atoms with van der Waals surface area (Å²) < 4.78 is 41.0. The number of nitro groups is 1. The highest BCUT2D eigenvalue weighted by Crippen LogP contribution is 2.26. The molecule has 132 valence electrons. The Kier molecular flexibility index (Phi) is 5.48. The first-order valence-corrected chi connectivity index (χ1v) is 7.11. The number of carbonyl (C=O) groups excluding carboxylic acids is 1. The maximum Gasteiger partial charge on any atom is 0.573 e. The first kappa shape index (κ1) is 18.5. The summed E-state index contributed by atoms with van der Waals surface area (Å²) in [6, 6.07) is 8.58. The average molecular weight is 375 g/mol. The zero-order valence-electron chi connectivity index (χ0n) is 12.3. The fraction of sp³-hybridized carbons (Fsp3) is 0.133. The number of nitrogens with one attached hydrogen (secondary N) is 1. The number of amides is 1. The third kappa shape index (κ3) is 5.08. The van der Waals surface area contributed by atoms with Gasteiger partial charge in [0.1, 0.15) is 5.75 Å². The molecule has 0 aliphatic heterocycles. The van der Waals surface area contributed by atoms with Crippen LogP contribution in [0, 0.1) is 10.1 Å². The lowest BCUT2D eigenvalue weighted by atomic mass is 10.1. The monoisotopic (exact) mass is 374 g/mol. The van der Waals surface area contributed by atoms with Gasteiger partial charge in [-0.05, 0) is 12.1 Å². The quantitative estimate of drug-likeness (QED) is 0.631. The van der Waals surface area contributed by atoms with Gasteiger partial charge in [0.2, 0.25) is 0 Å². The summed E-state index contributed by atoms with van der Waals surface area (Å²) in [5.41, 5.74) is -0.421. The molecule has 0 heterocycles. The van der Waals surface area contributed by atoms with Crippen molar-refractivity contribution in [3.63, 3.8) is 0 Å². The summed E-state index contributed by atoms with van der Waals surface area (Å²) in [5, 5.41) is 13.1. The molecule has 0 radical (unpaired) electrons. The largest absolute Gasteiger partial charge is 0.573 e. The normalized spacial score (nSPS) is 11.0. The van der Waals surface area contributed by atoms with Crippen molar-refractivity contribution in [2.24, 2.45) is 0 Å². The number of para-hydroxylation sites is 1. The highest BCUT2D eigenvalue weighted by Gasteiger charge is 2.32. The lowest BCUT2D eigenvalue weighted by Crippen LogP contribution is -2.24. The Labute approximate surface area is 144 Å². The maximum absolute atomic E-state index is 12.4. The predicted octanol–water partition coefficient (Wildman–Crippen LogP) is 4.08. The van der Waals surface area contributed by atoms with Crippen LogP contribution in [0.4, 0.5) is 18.9 Å². The van der Waals surface area contributed by atoms with Crippen LogP contribution < -0.4 is 10.1 Å². The summed E-state index contributed by atoms with van der Waals surface area (Å²) in [7, 11) is 0. The molecule has 0 unspecified atom stereocenters. The minimum absolute atomic E-state index is 0.0251. The van der Waals surface area contributed by atoms with Crippen LogP contribution in [0.1, 0.15) is 15.9 Å². The fourth-order valence-corrected chi connectivity index (χ4v) is 2.15. The molecule has 2 aromatic rings. The number of rotatable bonds is 5. The molecular weight excluding hydrogens is 365 g/mol. The van der Waals surface area contributed by atoms with E-state index in [0.717, 1.165) is 18.2 Å². The Morgan fingerprint density at radius 2 is 1.92 bits per heavy atom. The van der Waals surface area contributed by atoms with E-state index in [-0.39, 0.29) is 28.4 Å². The van der Waals surface area contributed by atoms with E-state index >= 15 is 0 Å². The van der Waals surface area contributed by atoms with Crippen molar-refractivity contribution in [3.8, 4) is 5.75 Å². The van der Waals surface area contributed by atoms with E-state index < -0.39 is 22.9 Å². The van der Waals surface area contributed by atoms with E-state index in [9.17, 15) is 28.1 Å². The topological polar surface area (TPSA) is 81.5 Å². The van der Waals surface area contributed by atoms with Gasteiger partial charge >= 0.3 is 6.36 Å². The van der Waals surface area contributed by atoms with Crippen LogP contribution in [0.25, 0.3) is 0 Å². The van der Waals surface area contributed by atoms with Gasteiger partial charge in [0, 0.05) is 24.2 Å². The van der Waals surface area contributed by atoms with Gasteiger partial charge in [0.15, 0.2) is 0 Å².